The lowest BCUT2D eigenvalue weighted by molar-refractivity contribution is -0.402. The van der Waals surface area contributed by atoms with Gasteiger partial charge in [-0.15, -0.1) is 0 Å². The first-order valence-corrected chi connectivity index (χ1v) is 7.20. The number of furan rings is 1. The van der Waals surface area contributed by atoms with Gasteiger partial charge in [0.25, 0.3) is 11.8 Å². The van der Waals surface area contributed by atoms with Crippen molar-refractivity contribution in [2.24, 2.45) is 0 Å². The number of nitro groups is 1. The van der Waals surface area contributed by atoms with Crippen LogP contribution in [0.4, 0.5) is 16.4 Å². The molecule has 0 atom stereocenters. The number of amides is 4. The summed E-state index contributed by atoms with van der Waals surface area (Å²) in [7, 11) is 1.43. The molecule has 10 nitrogen and oxygen atoms in total. The third-order valence-corrected chi connectivity index (χ3v) is 3.49. The van der Waals surface area contributed by atoms with Gasteiger partial charge in [0.05, 0.1) is 18.9 Å². The number of hydrogen-bond acceptors (Lipinski definition) is 7. The van der Waals surface area contributed by atoms with Crippen LogP contribution in [0, 0.1) is 10.1 Å². The summed E-state index contributed by atoms with van der Waals surface area (Å²) in [6.45, 7) is 0. The quantitative estimate of drug-likeness (QED) is 0.382. The molecule has 1 N–H and O–H groups in total. The zero-order valence-electron chi connectivity index (χ0n) is 13.3. The molecule has 0 spiro atoms. The van der Waals surface area contributed by atoms with E-state index in [9.17, 15) is 24.5 Å². The molecule has 2 heterocycles. The fourth-order valence-electron chi connectivity index (χ4n) is 2.30. The Balaban J connectivity index is 1.99. The third kappa shape index (κ3) is 3.02. The average Bonchev–Trinajstić information content (AvgIpc) is 3.08. The maximum Gasteiger partial charge on any atom is 0.433 e. The molecule has 26 heavy (non-hydrogen) atoms. The lowest BCUT2D eigenvalue weighted by Gasteiger charge is -2.26. The van der Waals surface area contributed by atoms with Gasteiger partial charge in [0.15, 0.2) is 0 Å². The number of hydrogen-bond donors (Lipinski definition) is 1. The van der Waals surface area contributed by atoms with Crippen LogP contribution in [0.2, 0.25) is 0 Å². The van der Waals surface area contributed by atoms with Crippen molar-refractivity contribution in [3.05, 3.63) is 57.8 Å². The average molecular weight is 357 g/mol. The van der Waals surface area contributed by atoms with Crippen molar-refractivity contribution >= 4 is 35.5 Å². The molecule has 4 amide bonds. The van der Waals surface area contributed by atoms with Crippen molar-refractivity contribution < 1.29 is 28.5 Å². The van der Waals surface area contributed by atoms with Gasteiger partial charge in [-0.3, -0.25) is 25.0 Å². The number of methoxy groups -OCH3 is 1. The third-order valence-electron chi connectivity index (χ3n) is 3.49. The van der Waals surface area contributed by atoms with E-state index in [1.807, 2.05) is 5.32 Å². The fourth-order valence-corrected chi connectivity index (χ4v) is 2.30. The predicted molar refractivity (Wildman–Crippen MR) is 87.4 cm³/mol. The summed E-state index contributed by atoms with van der Waals surface area (Å²) in [5.41, 5.74) is -0.215. The minimum atomic E-state index is -0.932. The Hall–Kier alpha value is -3.95. The number of carbonyl (C=O) groups is 3. The summed E-state index contributed by atoms with van der Waals surface area (Å²) in [4.78, 5) is 47.4. The number of nitrogens with one attached hydrogen (secondary N) is 1. The maximum atomic E-state index is 12.7. The minimum Gasteiger partial charge on any atom is -0.497 e. The molecule has 1 aromatic carbocycles. The minimum absolute atomic E-state index is 0.0739. The standard InChI is InChI=1S/C16H11N3O7/c1-25-10-4-2-3-9(7-10)18-15(21)12(14(20)17-16(18)22)8-11-5-6-13(26-11)19(23)24/h2-8H,1H3,(H,17,20,22). The van der Waals surface area contributed by atoms with E-state index in [1.165, 1.54) is 25.3 Å². The van der Waals surface area contributed by atoms with E-state index in [-0.39, 0.29) is 11.4 Å². The van der Waals surface area contributed by atoms with E-state index in [0.717, 1.165) is 17.0 Å². The molecule has 1 saturated heterocycles. The van der Waals surface area contributed by atoms with Gasteiger partial charge < -0.3 is 9.15 Å². The normalized spacial score (nSPS) is 16.0. The summed E-state index contributed by atoms with van der Waals surface area (Å²) in [6, 6.07) is 7.54. The number of imide groups is 2. The molecule has 1 aliphatic rings. The van der Waals surface area contributed by atoms with Crippen LogP contribution >= 0.6 is 0 Å². The molecule has 1 fully saturated rings. The zero-order chi connectivity index (χ0) is 18.8. The fraction of sp³-hybridized carbons (Fsp3) is 0.0625. The lowest BCUT2D eigenvalue weighted by atomic mass is 10.1. The second-order valence-electron chi connectivity index (χ2n) is 5.09. The molecule has 0 bridgehead atoms. The van der Waals surface area contributed by atoms with E-state index in [0.29, 0.717) is 5.75 Å². The Labute approximate surface area is 145 Å². The highest BCUT2D eigenvalue weighted by Gasteiger charge is 2.37. The highest BCUT2D eigenvalue weighted by atomic mass is 16.6. The molecule has 0 unspecified atom stereocenters. The van der Waals surface area contributed by atoms with Crippen LogP contribution < -0.4 is 15.0 Å². The Morgan fingerprint density at radius 3 is 2.65 bits per heavy atom. The van der Waals surface area contributed by atoms with Gasteiger partial charge in [0, 0.05) is 6.07 Å². The van der Waals surface area contributed by atoms with Crippen LogP contribution in [0.25, 0.3) is 6.08 Å². The van der Waals surface area contributed by atoms with Gasteiger partial charge in [-0.25, -0.2) is 9.69 Å². The smallest absolute Gasteiger partial charge is 0.433 e. The van der Waals surface area contributed by atoms with Crippen molar-refractivity contribution in [1.29, 1.82) is 0 Å². The van der Waals surface area contributed by atoms with Crippen LogP contribution in [0.15, 0.2) is 46.4 Å². The van der Waals surface area contributed by atoms with Gasteiger partial charge in [-0.1, -0.05) is 6.07 Å². The SMILES string of the molecule is COc1cccc(N2C(=O)NC(=O)C(=Cc3ccc([N+](=O)[O-])o3)C2=O)c1. The molecule has 0 saturated carbocycles. The summed E-state index contributed by atoms with van der Waals surface area (Å²) in [5, 5.41) is 12.7. The van der Waals surface area contributed by atoms with E-state index >= 15 is 0 Å². The number of rotatable bonds is 4. The van der Waals surface area contributed by atoms with Crippen LogP contribution in [0.5, 0.6) is 5.75 Å². The molecular weight excluding hydrogens is 346 g/mol. The van der Waals surface area contributed by atoms with Crippen molar-refractivity contribution in [3.8, 4) is 5.75 Å². The number of anilines is 1. The number of ether oxygens (including phenoxy) is 1. The number of barbiturate groups is 1. The molecule has 3 rings (SSSR count). The van der Waals surface area contributed by atoms with Gasteiger partial charge in [0.1, 0.15) is 22.0 Å². The molecule has 1 aromatic heterocycles. The Bertz CT molecular complexity index is 960. The van der Waals surface area contributed by atoms with Crippen LogP contribution in [-0.4, -0.2) is 29.9 Å². The molecular formula is C16H11N3O7. The molecule has 10 heteroatoms. The first-order valence-electron chi connectivity index (χ1n) is 7.20. The van der Waals surface area contributed by atoms with Gasteiger partial charge in [0.2, 0.25) is 0 Å². The maximum absolute atomic E-state index is 12.7. The van der Waals surface area contributed by atoms with Crippen LogP contribution in [-0.2, 0) is 9.59 Å². The molecule has 132 valence electrons. The Morgan fingerprint density at radius 2 is 2.00 bits per heavy atom. The van der Waals surface area contributed by atoms with Crippen molar-refractivity contribution in [3.63, 3.8) is 0 Å². The van der Waals surface area contributed by atoms with Gasteiger partial charge >= 0.3 is 11.9 Å². The summed E-state index contributed by atoms with van der Waals surface area (Å²) in [6.07, 6.45) is 1.03. The lowest BCUT2D eigenvalue weighted by Crippen LogP contribution is -2.54. The first kappa shape index (κ1) is 16.9. The van der Waals surface area contributed by atoms with Crippen LogP contribution in [0.1, 0.15) is 5.76 Å². The predicted octanol–water partition coefficient (Wildman–Crippen LogP) is 1.86. The van der Waals surface area contributed by atoms with E-state index in [4.69, 9.17) is 9.15 Å². The van der Waals surface area contributed by atoms with Crippen molar-refractivity contribution in [1.82, 2.24) is 5.32 Å². The Morgan fingerprint density at radius 1 is 1.23 bits per heavy atom. The summed E-state index contributed by atoms with van der Waals surface area (Å²) >= 11 is 0. The molecule has 2 aromatic rings. The van der Waals surface area contributed by atoms with E-state index in [1.54, 1.807) is 12.1 Å². The topological polar surface area (TPSA) is 132 Å². The first-order chi connectivity index (χ1) is 12.4. The molecule has 1 aliphatic heterocycles. The summed E-state index contributed by atoms with van der Waals surface area (Å²) < 4.78 is 9.97. The zero-order valence-corrected chi connectivity index (χ0v) is 13.3. The second kappa shape index (κ2) is 6.51. The Kier molecular flexibility index (Phi) is 4.23. The second-order valence-corrected chi connectivity index (χ2v) is 5.09. The van der Waals surface area contributed by atoms with Crippen molar-refractivity contribution in [2.75, 3.05) is 12.0 Å². The van der Waals surface area contributed by atoms with Gasteiger partial charge in [-0.05, 0) is 24.3 Å². The monoisotopic (exact) mass is 357 g/mol. The largest absolute Gasteiger partial charge is 0.497 e. The number of carbonyl (C=O) groups excluding carboxylic acids is 3. The molecule has 0 aliphatic carbocycles. The highest BCUT2D eigenvalue weighted by Crippen LogP contribution is 2.26. The van der Waals surface area contributed by atoms with E-state index < -0.39 is 34.2 Å². The number of urea groups is 1. The summed E-state index contributed by atoms with van der Waals surface area (Å²) in [5.74, 6) is -2.03. The van der Waals surface area contributed by atoms with Gasteiger partial charge in [-0.2, -0.15) is 0 Å². The number of benzene rings is 1. The number of nitrogens with zero attached hydrogens (tertiary/aromatic N) is 2. The van der Waals surface area contributed by atoms with E-state index in [2.05, 4.69) is 0 Å². The van der Waals surface area contributed by atoms with Crippen LogP contribution in [0.3, 0.4) is 0 Å². The molecule has 0 radical (unpaired) electrons. The van der Waals surface area contributed by atoms with Crippen molar-refractivity contribution in [2.45, 2.75) is 0 Å². The highest BCUT2D eigenvalue weighted by molar-refractivity contribution is 6.39.